The van der Waals surface area contributed by atoms with Gasteiger partial charge in [0.2, 0.25) is 0 Å². The molecular formula is C16H26FN3O. The molecule has 1 heterocycles. The average molecular weight is 295 g/mol. The van der Waals surface area contributed by atoms with Crippen molar-refractivity contribution in [3.05, 3.63) is 29.6 Å². The molecule has 2 N–H and O–H groups in total. The minimum Gasteiger partial charge on any atom is -0.494 e. The third kappa shape index (κ3) is 4.15. The number of benzene rings is 1. The lowest BCUT2D eigenvalue weighted by molar-refractivity contribution is 0.104. The molecule has 5 heteroatoms. The maximum absolute atomic E-state index is 13.7. The number of halogens is 1. The second kappa shape index (κ2) is 7.20. The molecule has 0 spiro atoms. The monoisotopic (exact) mass is 295 g/mol. The van der Waals surface area contributed by atoms with Gasteiger partial charge in [0.25, 0.3) is 0 Å². The number of hydrogen-bond donors (Lipinski definition) is 1. The summed E-state index contributed by atoms with van der Waals surface area (Å²) in [5, 5.41) is 0. The zero-order chi connectivity index (χ0) is 15.4. The minimum absolute atomic E-state index is 0.170. The molecule has 0 bridgehead atoms. The molecule has 1 aliphatic heterocycles. The van der Waals surface area contributed by atoms with Gasteiger partial charge in [0.05, 0.1) is 7.11 Å². The number of ether oxygens (including phenoxy) is 1. The Kier molecular flexibility index (Phi) is 5.56. The Morgan fingerprint density at radius 3 is 2.43 bits per heavy atom. The van der Waals surface area contributed by atoms with Gasteiger partial charge in [-0.1, -0.05) is 6.07 Å². The van der Waals surface area contributed by atoms with E-state index in [4.69, 9.17) is 10.5 Å². The van der Waals surface area contributed by atoms with Crippen LogP contribution in [0.1, 0.15) is 25.5 Å². The van der Waals surface area contributed by atoms with E-state index < -0.39 is 0 Å². The van der Waals surface area contributed by atoms with Crippen LogP contribution >= 0.6 is 0 Å². The van der Waals surface area contributed by atoms with Crippen LogP contribution in [0.2, 0.25) is 0 Å². The lowest BCUT2D eigenvalue weighted by Gasteiger charge is -2.37. The fourth-order valence-corrected chi connectivity index (χ4v) is 2.76. The molecule has 4 nitrogen and oxygen atoms in total. The Balaban J connectivity index is 1.90. The largest absolute Gasteiger partial charge is 0.494 e. The molecular weight excluding hydrogens is 269 g/mol. The first-order valence-electron chi connectivity index (χ1n) is 7.56. The van der Waals surface area contributed by atoms with Crippen molar-refractivity contribution in [2.75, 3.05) is 39.8 Å². The van der Waals surface area contributed by atoms with Crippen LogP contribution in [0.4, 0.5) is 4.39 Å². The van der Waals surface area contributed by atoms with E-state index in [0.717, 1.165) is 38.3 Å². The maximum Gasteiger partial charge on any atom is 0.165 e. The minimum atomic E-state index is -0.352. The number of methoxy groups -OCH3 is 1. The second-order valence-corrected chi connectivity index (χ2v) is 5.93. The quantitative estimate of drug-likeness (QED) is 0.900. The number of hydrogen-bond acceptors (Lipinski definition) is 4. The van der Waals surface area contributed by atoms with Crippen LogP contribution in [0, 0.1) is 5.82 Å². The van der Waals surface area contributed by atoms with E-state index in [1.807, 2.05) is 6.07 Å². The lowest BCUT2D eigenvalue weighted by Crippen LogP contribution is -2.50. The molecule has 21 heavy (non-hydrogen) atoms. The van der Waals surface area contributed by atoms with Gasteiger partial charge in [0.15, 0.2) is 11.6 Å². The van der Waals surface area contributed by atoms with Gasteiger partial charge in [-0.25, -0.2) is 4.39 Å². The Labute approximate surface area is 126 Å². The lowest BCUT2D eigenvalue weighted by atomic mass is 10.1. The predicted octanol–water partition coefficient (Wildman–Crippen LogP) is 1.86. The van der Waals surface area contributed by atoms with Crippen LogP contribution in [0.25, 0.3) is 0 Å². The van der Waals surface area contributed by atoms with E-state index in [1.54, 1.807) is 6.07 Å². The molecule has 1 aliphatic rings. The zero-order valence-electron chi connectivity index (χ0n) is 13.2. The summed E-state index contributed by atoms with van der Waals surface area (Å²) < 4.78 is 18.7. The van der Waals surface area contributed by atoms with Crippen LogP contribution < -0.4 is 10.5 Å². The molecule has 2 rings (SSSR count). The summed E-state index contributed by atoms with van der Waals surface area (Å²) in [6.45, 7) is 9.39. The third-order valence-electron chi connectivity index (χ3n) is 4.20. The van der Waals surface area contributed by atoms with Gasteiger partial charge in [0, 0.05) is 44.8 Å². The highest BCUT2D eigenvalue weighted by atomic mass is 19.1. The van der Waals surface area contributed by atoms with E-state index >= 15 is 0 Å². The van der Waals surface area contributed by atoms with Gasteiger partial charge in [-0.2, -0.15) is 0 Å². The molecule has 0 aliphatic carbocycles. The van der Waals surface area contributed by atoms with Gasteiger partial charge >= 0.3 is 0 Å². The van der Waals surface area contributed by atoms with Gasteiger partial charge in [-0.05, 0) is 31.5 Å². The summed E-state index contributed by atoms with van der Waals surface area (Å²) in [7, 11) is 1.46. The molecule has 1 aromatic carbocycles. The van der Waals surface area contributed by atoms with Crippen molar-refractivity contribution in [1.82, 2.24) is 9.80 Å². The smallest absolute Gasteiger partial charge is 0.165 e. The van der Waals surface area contributed by atoms with Crippen LogP contribution in [0.3, 0.4) is 0 Å². The predicted molar refractivity (Wildman–Crippen MR) is 83.0 cm³/mol. The fourth-order valence-electron chi connectivity index (χ4n) is 2.76. The van der Waals surface area contributed by atoms with Crippen LogP contribution in [-0.4, -0.2) is 55.7 Å². The van der Waals surface area contributed by atoms with E-state index in [0.29, 0.717) is 6.04 Å². The maximum atomic E-state index is 13.7. The highest BCUT2D eigenvalue weighted by Crippen LogP contribution is 2.21. The number of nitrogens with zero attached hydrogens (tertiary/aromatic N) is 2. The Bertz CT molecular complexity index is 459. The van der Waals surface area contributed by atoms with E-state index in [2.05, 4.69) is 23.6 Å². The van der Waals surface area contributed by atoms with Gasteiger partial charge < -0.3 is 10.5 Å². The van der Waals surface area contributed by atoms with Crippen molar-refractivity contribution in [2.45, 2.75) is 25.9 Å². The molecule has 1 saturated heterocycles. The van der Waals surface area contributed by atoms with Crippen molar-refractivity contribution in [3.8, 4) is 5.75 Å². The molecule has 0 amide bonds. The van der Waals surface area contributed by atoms with Crippen molar-refractivity contribution in [2.24, 2.45) is 5.73 Å². The first-order chi connectivity index (χ1) is 10.0. The van der Waals surface area contributed by atoms with Crippen molar-refractivity contribution in [1.29, 1.82) is 0 Å². The van der Waals surface area contributed by atoms with Crippen molar-refractivity contribution in [3.63, 3.8) is 0 Å². The topological polar surface area (TPSA) is 41.7 Å². The van der Waals surface area contributed by atoms with Gasteiger partial charge in [-0.15, -0.1) is 0 Å². The van der Waals surface area contributed by atoms with Crippen molar-refractivity contribution >= 4 is 0 Å². The first kappa shape index (κ1) is 16.2. The van der Waals surface area contributed by atoms with Crippen LogP contribution in [0.15, 0.2) is 18.2 Å². The molecule has 1 unspecified atom stereocenters. The third-order valence-corrected chi connectivity index (χ3v) is 4.20. The van der Waals surface area contributed by atoms with Crippen LogP contribution in [0.5, 0.6) is 5.75 Å². The summed E-state index contributed by atoms with van der Waals surface area (Å²) in [5.41, 5.74) is 7.04. The Morgan fingerprint density at radius 1 is 1.24 bits per heavy atom. The highest BCUT2D eigenvalue weighted by molar-refractivity contribution is 5.31. The molecule has 1 fully saturated rings. The standard InChI is InChI=1S/C16H26FN3O/c1-12(2)20-8-6-19(7-9-20)11-15(18)13-4-5-16(21-3)14(17)10-13/h4-5,10,12,15H,6-9,11,18H2,1-3H3. The molecule has 1 atom stereocenters. The van der Waals surface area contributed by atoms with Gasteiger partial charge in [-0.3, -0.25) is 9.80 Å². The molecule has 0 radical (unpaired) electrons. The normalized spacial score (nSPS) is 19.0. The van der Waals surface area contributed by atoms with Crippen LogP contribution in [-0.2, 0) is 0 Å². The Hall–Kier alpha value is -1.17. The highest BCUT2D eigenvalue weighted by Gasteiger charge is 2.21. The van der Waals surface area contributed by atoms with Crippen molar-refractivity contribution < 1.29 is 9.13 Å². The average Bonchev–Trinajstić information content (AvgIpc) is 2.47. The fraction of sp³-hybridized carbons (Fsp3) is 0.625. The number of piperazine rings is 1. The Morgan fingerprint density at radius 2 is 1.90 bits per heavy atom. The molecule has 1 aromatic rings. The molecule has 0 aromatic heterocycles. The molecule has 118 valence electrons. The number of rotatable bonds is 5. The summed E-state index contributed by atoms with van der Waals surface area (Å²) in [6, 6.07) is 5.39. The number of nitrogens with two attached hydrogens (primary N) is 1. The summed E-state index contributed by atoms with van der Waals surface area (Å²) >= 11 is 0. The molecule has 0 saturated carbocycles. The second-order valence-electron chi connectivity index (χ2n) is 5.93. The first-order valence-corrected chi connectivity index (χ1v) is 7.56. The summed E-state index contributed by atoms with van der Waals surface area (Å²) in [6.07, 6.45) is 0. The van der Waals surface area contributed by atoms with Gasteiger partial charge in [0.1, 0.15) is 0 Å². The summed E-state index contributed by atoms with van der Waals surface area (Å²) in [5.74, 6) is -0.0911. The van der Waals surface area contributed by atoms with E-state index in [-0.39, 0.29) is 17.6 Å². The van der Waals surface area contributed by atoms with E-state index in [9.17, 15) is 4.39 Å². The van der Waals surface area contributed by atoms with E-state index in [1.165, 1.54) is 13.2 Å². The SMILES string of the molecule is COc1ccc(C(N)CN2CCN(C(C)C)CC2)cc1F. The summed E-state index contributed by atoms with van der Waals surface area (Å²) in [4.78, 5) is 4.82. The zero-order valence-corrected chi connectivity index (χ0v) is 13.2.